The minimum absolute atomic E-state index is 0.0809. The zero-order valence-electron chi connectivity index (χ0n) is 10.5. The second-order valence-electron chi connectivity index (χ2n) is 4.05. The van der Waals surface area contributed by atoms with E-state index >= 15 is 0 Å². The number of amides is 1. The molecule has 2 aromatic rings. The molecule has 1 N–H and O–H groups in total. The highest BCUT2D eigenvalue weighted by molar-refractivity contribution is 9.10. The van der Waals surface area contributed by atoms with Gasteiger partial charge in [-0.15, -0.1) is 10.2 Å². The van der Waals surface area contributed by atoms with E-state index < -0.39 is 15.7 Å². The van der Waals surface area contributed by atoms with Crippen LogP contribution in [0.15, 0.2) is 27.0 Å². The van der Waals surface area contributed by atoms with Gasteiger partial charge in [-0.25, -0.2) is 8.42 Å². The summed E-state index contributed by atoms with van der Waals surface area (Å²) in [6, 6.07) is 2.83. The summed E-state index contributed by atoms with van der Waals surface area (Å²) in [5, 5.41) is 10.3. The summed E-state index contributed by atoms with van der Waals surface area (Å²) in [6.07, 6.45) is 1.09. The van der Waals surface area contributed by atoms with Crippen LogP contribution in [0.4, 0.5) is 5.13 Å². The van der Waals surface area contributed by atoms with Crippen molar-refractivity contribution < 1.29 is 13.2 Å². The van der Waals surface area contributed by atoms with E-state index in [1.807, 2.05) is 0 Å². The van der Waals surface area contributed by atoms with Crippen molar-refractivity contribution in [1.29, 1.82) is 0 Å². The largest absolute Gasteiger partial charge is 0.296 e. The normalized spacial score (nSPS) is 11.3. The zero-order valence-corrected chi connectivity index (χ0v) is 13.8. The molecule has 0 aliphatic heterocycles. The molecule has 2 rings (SSSR count). The Bertz CT molecular complexity index is 757. The van der Waals surface area contributed by atoms with Gasteiger partial charge in [0.15, 0.2) is 9.84 Å². The van der Waals surface area contributed by atoms with E-state index in [0.29, 0.717) is 15.2 Å². The van der Waals surface area contributed by atoms with Crippen LogP contribution in [0.25, 0.3) is 0 Å². The summed E-state index contributed by atoms with van der Waals surface area (Å²) < 4.78 is 23.8. The van der Waals surface area contributed by atoms with Crippen LogP contribution in [0.2, 0.25) is 0 Å². The Morgan fingerprint density at radius 2 is 2.10 bits per heavy atom. The summed E-state index contributed by atoms with van der Waals surface area (Å²) in [5.41, 5.74) is 2.42. The molecule has 20 heavy (non-hydrogen) atoms. The van der Waals surface area contributed by atoms with Crippen LogP contribution < -0.4 is 5.32 Å². The molecule has 106 valence electrons. The molecule has 0 unspecified atom stereocenters. The van der Waals surface area contributed by atoms with Gasteiger partial charge in [-0.2, -0.15) is 0 Å². The SMILES string of the molecule is Cc1c(Br)cc(S(C)(=O)=O)cc1C(=O)Nc1nncs1. The Hall–Kier alpha value is -1.32. The van der Waals surface area contributed by atoms with E-state index in [-0.39, 0.29) is 10.5 Å². The van der Waals surface area contributed by atoms with Crippen molar-refractivity contribution in [3.05, 3.63) is 33.2 Å². The summed E-state index contributed by atoms with van der Waals surface area (Å²) in [5.74, 6) is -0.426. The molecule has 0 aliphatic rings. The quantitative estimate of drug-likeness (QED) is 0.888. The van der Waals surface area contributed by atoms with Crippen LogP contribution in [0.5, 0.6) is 0 Å². The number of nitrogens with zero attached hydrogens (tertiary/aromatic N) is 2. The van der Waals surface area contributed by atoms with E-state index in [4.69, 9.17) is 0 Å². The first-order valence-corrected chi connectivity index (χ1v) is 8.93. The fourth-order valence-corrected chi connectivity index (χ4v) is 3.21. The molecule has 0 saturated heterocycles. The molecule has 1 amide bonds. The van der Waals surface area contributed by atoms with Crippen LogP contribution in [0, 0.1) is 6.92 Å². The zero-order chi connectivity index (χ0) is 14.9. The third-order valence-electron chi connectivity index (χ3n) is 2.57. The van der Waals surface area contributed by atoms with Crippen molar-refractivity contribution in [3.8, 4) is 0 Å². The molecule has 0 bridgehead atoms. The van der Waals surface area contributed by atoms with Crippen molar-refractivity contribution in [3.63, 3.8) is 0 Å². The fourth-order valence-electron chi connectivity index (χ4n) is 1.50. The highest BCUT2D eigenvalue weighted by Crippen LogP contribution is 2.25. The number of hydrogen-bond acceptors (Lipinski definition) is 6. The van der Waals surface area contributed by atoms with E-state index in [9.17, 15) is 13.2 Å². The minimum Gasteiger partial charge on any atom is -0.296 e. The van der Waals surface area contributed by atoms with Gasteiger partial charge in [0.25, 0.3) is 5.91 Å². The highest BCUT2D eigenvalue weighted by Gasteiger charge is 2.18. The number of anilines is 1. The Kier molecular flexibility index (Phi) is 4.21. The molecule has 0 aliphatic carbocycles. The summed E-state index contributed by atoms with van der Waals surface area (Å²) in [4.78, 5) is 12.3. The first-order chi connectivity index (χ1) is 9.29. The average Bonchev–Trinajstić information content (AvgIpc) is 2.83. The first kappa shape index (κ1) is 15.1. The number of hydrogen-bond donors (Lipinski definition) is 1. The summed E-state index contributed by atoms with van der Waals surface area (Å²) in [7, 11) is -3.40. The molecule has 1 heterocycles. The van der Waals surface area contributed by atoms with E-state index in [0.717, 1.165) is 6.26 Å². The number of aromatic nitrogens is 2. The second-order valence-corrected chi connectivity index (χ2v) is 7.75. The number of carbonyl (C=O) groups is 1. The van der Waals surface area contributed by atoms with Crippen LogP contribution >= 0.6 is 27.3 Å². The molecule has 0 saturated carbocycles. The van der Waals surface area contributed by atoms with Crippen LogP contribution in [-0.2, 0) is 9.84 Å². The maximum atomic E-state index is 12.2. The maximum Gasteiger partial charge on any atom is 0.257 e. The molecule has 1 aromatic carbocycles. The Labute approximate surface area is 128 Å². The first-order valence-electron chi connectivity index (χ1n) is 5.37. The number of nitrogens with one attached hydrogen (secondary N) is 1. The van der Waals surface area contributed by atoms with Gasteiger partial charge >= 0.3 is 0 Å². The molecule has 0 spiro atoms. The maximum absolute atomic E-state index is 12.2. The van der Waals surface area contributed by atoms with Gasteiger partial charge in [-0.1, -0.05) is 27.3 Å². The smallest absolute Gasteiger partial charge is 0.257 e. The number of rotatable bonds is 3. The number of sulfone groups is 1. The lowest BCUT2D eigenvalue weighted by Gasteiger charge is -2.09. The number of benzene rings is 1. The summed E-state index contributed by atoms with van der Waals surface area (Å²) >= 11 is 4.45. The van der Waals surface area contributed by atoms with Gasteiger partial charge in [0.05, 0.1) is 4.90 Å². The van der Waals surface area contributed by atoms with E-state index in [2.05, 4.69) is 31.4 Å². The molecule has 0 radical (unpaired) electrons. The van der Waals surface area contributed by atoms with Crippen molar-refractivity contribution in [2.75, 3.05) is 11.6 Å². The monoisotopic (exact) mass is 375 g/mol. The Balaban J connectivity index is 2.45. The van der Waals surface area contributed by atoms with Gasteiger partial charge < -0.3 is 0 Å². The average molecular weight is 376 g/mol. The topological polar surface area (TPSA) is 89.0 Å². The molecule has 1 aromatic heterocycles. The van der Waals surface area contributed by atoms with Crippen LogP contribution in [-0.4, -0.2) is 30.8 Å². The van der Waals surface area contributed by atoms with Crippen molar-refractivity contribution >= 4 is 48.1 Å². The molecule has 0 atom stereocenters. The molecular formula is C11H10BrN3O3S2. The van der Waals surface area contributed by atoms with Crippen molar-refractivity contribution in [2.24, 2.45) is 0 Å². The lowest BCUT2D eigenvalue weighted by atomic mass is 10.1. The van der Waals surface area contributed by atoms with E-state index in [1.54, 1.807) is 6.92 Å². The number of carbonyl (C=O) groups excluding carboxylic acids is 1. The molecule has 0 fully saturated rings. The van der Waals surface area contributed by atoms with Gasteiger partial charge in [-0.05, 0) is 24.6 Å². The molecular weight excluding hydrogens is 366 g/mol. The third kappa shape index (κ3) is 3.22. The van der Waals surface area contributed by atoms with E-state index in [1.165, 1.54) is 29.0 Å². The van der Waals surface area contributed by atoms with Gasteiger partial charge in [-0.3, -0.25) is 10.1 Å². The Morgan fingerprint density at radius 3 is 2.65 bits per heavy atom. The predicted molar refractivity (Wildman–Crippen MR) is 79.9 cm³/mol. The minimum atomic E-state index is -3.40. The van der Waals surface area contributed by atoms with Crippen molar-refractivity contribution in [2.45, 2.75) is 11.8 Å². The molecule has 6 nitrogen and oxygen atoms in total. The lowest BCUT2D eigenvalue weighted by Crippen LogP contribution is -2.14. The predicted octanol–water partition coefficient (Wildman–Crippen LogP) is 2.26. The highest BCUT2D eigenvalue weighted by atomic mass is 79.9. The second kappa shape index (κ2) is 5.58. The van der Waals surface area contributed by atoms with Gasteiger partial charge in [0.1, 0.15) is 5.51 Å². The Morgan fingerprint density at radius 1 is 1.40 bits per heavy atom. The summed E-state index contributed by atoms with van der Waals surface area (Å²) in [6.45, 7) is 1.73. The lowest BCUT2D eigenvalue weighted by molar-refractivity contribution is 0.102. The van der Waals surface area contributed by atoms with Gasteiger partial charge in [0, 0.05) is 16.3 Å². The molecule has 9 heteroatoms. The number of halogens is 1. The standard InChI is InChI=1S/C11H10BrN3O3S2/c1-6-8(10(16)14-11-15-13-5-19-11)3-7(4-9(6)12)20(2,17)18/h3-5H,1-2H3,(H,14,15,16). The third-order valence-corrected chi connectivity index (χ3v) is 5.09. The van der Waals surface area contributed by atoms with Crippen LogP contribution in [0.1, 0.15) is 15.9 Å². The van der Waals surface area contributed by atoms with Crippen molar-refractivity contribution in [1.82, 2.24) is 10.2 Å². The fraction of sp³-hybridized carbons (Fsp3) is 0.182. The van der Waals surface area contributed by atoms with Crippen LogP contribution in [0.3, 0.4) is 0 Å². The van der Waals surface area contributed by atoms with Gasteiger partial charge in [0.2, 0.25) is 5.13 Å².